The highest BCUT2D eigenvalue weighted by atomic mass is 31.2. The molecule has 0 aliphatic rings. The van der Waals surface area contributed by atoms with Crippen molar-refractivity contribution in [2.75, 3.05) is 47.5 Å². The summed E-state index contributed by atoms with van der Waals surface area (Å²) >= 11 is 0. The zero-order chi connectivity index (χ0) is 52.7. The molecule has 406 valence electrons. The Bertz CT molecular complexity index is 1720. The van der Waals surface area contributed by atoms with E-state index in [1.165, 1.54) is 19.3 Å². The number of phosphoric acid groups is 1. The Balaban J connectivity index is 4.11. The van der Waals surface area contributed by atoms with Crippen molar-refractivity contribution in [2.24, 2.45) is 0 Å². The fourth-order valence-electron chi connectivity index (χ4n) is 6.63. The summed E-state index contributed by atoms with van der Waals surface area (Å²) in [7, 11) is 1.13. The van der Waals surface area contributed by atoms with E-state index < -0.39 is 32.5 Å². The number of likely N-dealkylation sites (N-methyl/N-ethyl adjacent to an activating group) is 1. The van der Waals surface area contributed by atoms with Gasteiger partial charge in [-0.05, 0) is 103 Å². The normalized spacial score (nSPS) is 14.5. The van der Waals surface area contributed by atoms with Crippen LogP contribution in [0.15, 0.2) is 146 Å². The van der Waals surface area contributed by atoms with E-state index >= 15 is 0 Å². The van der Waals surface area contributed by atoms with Crippen LogP contribution in [0.2, 0.25) is 0 Å². The molecule has 0 aliphatic heterocycles. The monoisotopic (exact) mass is 1020 g/mol. The minimum absolute atomic E-state index is 0.0429. The number of allylic oxidation sites excluding steroid dienone is 24. The van der Waals surface area contributed by atoms with Crippen molar-refractivity contribution in [1.82, 2.24) is 0 Å². The molecular weight excluding hydrogens is 918 g/mol. The maximum atomic E-state index is 12.7. The predicted molar refractivity (Wildman–Crippen MR) is 304 cm³/mol. The maximum absolute atomic E-state index is 12.7. The number of rotatable bonds is 48. The van der Waals surface area contributed by atoms with Crippen LogP contribution in [0.4, 0.5) is 0 Å². The summed E-state index contributed by atoms with van der Waals surface area (Å²) in [5, 5.41) is 0. The van der Waals surface area contributed by atoms with Crippen molar-refractivity contribution in [3.8, 4) is 0 Å². The van der Waals surface area contributed by atoms with Gasteiger partial charge in [0.05, 0.1) is 27.7 Å². The maximum Gasteiger partial charge on any atom is 0.306 e. The molecule has 0 N–H and O–H groups in total. The average molecular weight is 1020 g/mol. The molecular formula is C62H100NO8P. The Morgan fingerprint density at radius 1 is 0.444 bits per heavy atom. The standard InChI is InChI=1S/C62H100NO8P/c1-6-8-10-12-14-15-16-17-18-19-20-21-22-23-24-25-26-27-28-29-30-31-32-33-34-35-36-37-38-39-40-41-42-43-44-45-46-47-49-51-53-55-62(65)71-60(59-70-72(66,67)69-57-56-63(3,4)5)58-68-61(64)54-52-50-48-13-11-9-7-2/h8,10,14-15,17-18,20-21,23-24,26-27,29-30,32-33,35-36,38-39,41-42,44-45,60H,6-7,9,11-13,16,19,22,25,28,31,34,37,40,43,46-59H2,1-5H3/b10-8-,15-14-,18-17-,21-20-,24-23-,27-26-,30-29-,33-32-,36-35-,39-38-,42-41-,45-44-. The van der Waals surface area contributed by atoms with Gasteiger partial charge in [0.2, 0.25) is 0 Å². The van der Waals surface area contributed by atoms with Crippen LogP contribution in [0.3, 0.4) is 0 Å². The van der Waals surface area contributed by atoms with Gasteiger partial charge >= 0.3 is 11.9 Å². The number of carbonyl (C=O) groups is 2. The SMILES string of the molecule is CC/C=C\C/C=C\C/C=C\C/C=C\C/C=C\C/C=C\C/C=C\C/C=C\C/C=C\C/C=C\C/C=C\C/C=C\CCCCCCC(=O)OC(COC(=O)CCCCCCCCC)COP(=O)([O-])OCC[N+](C)(C)C. The lowest BCUT2D eigenvalue weighted by Gasteiger charge is -2.28. The van der Waals surface area contributed by atoms with Gasteiger partial charge in [0.25, 0.3) is 7.82 Å². The van der Waals surface area contributed by atoms with E-state index in [4.69, 9.17) is 18.5 Å². The fraction of sp³-hybridized carbons (Fsp3) is 0.581. The molecule has 0 aliphatic carbocycles. The highest BCUT2D eigenvalue weighted by molar-refractivity contribution is 7.45. The predicted octanol–water partition coefficient (Wildman–Crippen LogP) is 16.5. The van der Waals surface area contributed by atoms with Gasteiger partial charge in [-0.1, -0.05) is 211 Å². The molecule has 0 bridgehead atoms. The number of quaternary nitrogens is 1. The number of esters is 2. The molecule has 2 unspecified atom stereocenters. The van der Waals surface area contributed by atoms with E-state index in [0.29, 0.717) is 17.4 Å². The molecule has 0 heterocycles. The fourth-order valence-corrected chi connectivity index (χ4v) is 7.36. The van der Waals surface area contributed by atoms with E-state index in [1.54, 1.807) is 0 Å². The van der Waals surface area contributed by atoms with Crippen LogP contribution >= 0.6 is 7.82 Å². The third-order valence-electron chi connectivity index (χ3n) is 10.9. The second-order valence-electron chi connectivity index (χ2n) is 18.9. The second-order valence-corrected chi connectivity index (χ2v) is 20.3. The number of phosphoric ester groups is 1. The van der Waals surface area contributed by atoms with Crippen molar-refractivity contribution in [3.63, 3.8) is 0 Å². The van der Waals surface area contributed by atoms with Gasteiger partial charge in [-0.15, -0.1) is 0 Å². The van der Waals surface area contributed by atoms with Crippen LogP contribution in [0.25, 0.3) is 0 Å². The third-order valence-corrected chi connectivity index (χ3v) is 11.8. The number of carbonyl (C=O) groups excluding carboxylic acids is 2. The molecule has 0 saturated carbocycles. The average Bonchev–Trinajstić information content (AvgIpc) is 3.34. The van der Waals surface area contributed by atoms with Gasteiger partial charge in [0, 0.05) is 12.8 Å². The first kappa shape index (κ1) is 67.9. The number of hydrogen-bond acceptors (Lipinski definition) is 8. The van der Waals surface area contributed by atoms with Crippen LogP contribution in [-0.2, 0) is 32.7 Å². The summed E-state index contributed by atoms with van der Waals surface area (Å²) in [4.78, 5) is 37.4. The van der Waals surface area contributed by atoms with Crippen molar-refractivity contribution in [1.29, 1.82) is 0 Å². The molecule has 72 heavy (non-hydrogen) atoms. The number of hydrogen-bond donors (Lipinski definition) is 0. The number of unbranched alkanes of at least 4 members (excludes halogenated alkanes) is 10. The van der Waals surface area contributed by atoms with Crippen LogP contribution in [0.1, 0.15) is 181 Å². The van der Waals surface area contributed by atoms with Gasteiger partial charge in [0.1, 0.15) is 19.8 Å². The largest absolute Gasteiger partial charge is 0.756 e. The lowest BCUT2D eigenvalue weighted by Crippen LogP contribution is -2.37. The highest BCUT2D eigenvalue weighted by Crippen LogP contribution is 2.38. The van der Waals surface area contributed by atoms with Crippen molar-refractivity contribution >= 4 is 19.8 Å². The Morgan fingerprint density at radius 2 is 0.792 bits per heavy atom. The molecule has 0 amide bonds. The van der Waals surface area contributed by atoms with E-state index in [0.717, 1.165) is 128 Å². The molecule has 9 nitrogen and oxygen atoms in total. The van der Waals surface area contributed by atoms with Crippen LogP contribution in [-0.4, -0.2) is 70.0 Å². The molecule has 0 spiro atoms. The first-order chi connectivity index (χ1) is 35.0. The van der Waals surface area contributed by atoms with Crippen LogP contribution in [0.5, 0.6) is 0 Å². The zero-order valence-corrected chi connectivity index (χ0v) is 46.7. The third kappa shape index (κ3) is 55.2. The summed E-state index contributed by atoms with van der Waals surface area (Å²) < 4.78 is 33.8. The summed E-state index contributed by atoms with van der Waals surface area (Å²) in [5.41, 5.74) is 0. The summed E-state index contributed by atoms with van der Waals surface area (Å²) in [6.45, 7) is 4.00. The van der Waals surface area contributed by atoms with E-state index in [1.807, 2.05) is 21.1 Å². The lowest BCUT2D eigenvalue weighted by atomic mass is 10.1. The zero-order valence-electron chi connectivity index (χ0n) is 45.8. The first-order valence-corrected chi connectivity index (χ1v) is 29.0. The molecule has 10 heteroatoms. The minimum Gasteiger partial charge on any atom is -0.756 e. The molecule has 2 atom stereocenters. The van der Waals surface area contributed by atoms with Gasteiger partial charge < -0.3 is 27.9 Å². The molecule has 0 fully saturated rings. The summed E-state index contributed by atoms with van der Waals surface area (Å²) in [6, 6.07) is 0. The van der Waals surface area contributed by atoms with Crippen molar-refractivity contribution in [3.05, 3.63) is 146 Å². The molecule has 0 aromatic rings. The number of nitrogens with zero attached hydrogens (tertiary/aromatic N) is 1. The Kier molecular flexibility index (Phi) is 48.8. The van der Waals surface area contributed by atoms with Gasteiger partial charge in [-0.3, -0.25) is 14.2 Å². The van der Waals surface area contributed by atoms with E-state index in [-0.39, 0.29) is 26.1 Å². The molecule has 0 aromatic heterocycles. The summed E-state index contributed by atoms with van der Waals surface area (Å²) in [6.07, 6.45) is 76.5. The Labute approximate surface area is 440 Å². The number of ether oxygens (including phenoxy) is 2. The lowest BCUT2D eigenvalue weighted by molar-refractivity contribution is -0.870. The van der Waals surface area contributed by atoms with Crippen molar-refractivity contribution in [2.45, 2.75) is 187 Å². The summed E-state index contributed by atoms with van der Waals surface area (Å²) in [5.74, 6) is -0.883. The van der Waals surface area contributed by atoms with Gasteiger partial charge in [0.15, 0.2) is 6.10 Å². The molecule has 0 saturated heterocycles. The van der Waals surface area contributed by atoms with Crippen LogP contribution < -0.4 is 4.89 Å². The molecule has 0 aromatic carbocycles. The smallest absolute Gasteiger partial charge is 0.306 e. The van der Waals surface area contributed by atoms with Crippen molar-refractivity contribution < 1.29 is 42.1 Å². The quantitative estimate of drug-likeness (QED) is 0.0195. The van der Waals surface area contributed by atoms with Gasteiger partial charge in [-0.2, -0.15) is 0 Å². The van der Waals surface area contributed by atoms with E-state index in [2.05, 4.69) is 160 Å². The Hall–Kier alpha value is -4.11. The van der Waals surface area contributed by atoms with Gasteiger partial charge in [-0.25, -0.2) is 0 Å². The first-order valence-electron chi connectivity index (χ1n) is 27.5. The molecule has 0 radical (unpaired) electrons. The molecule has 0 rings (SSSR count). The van der Waals surface area contributed by atoms with Crippen LogP contribution in [0, 0.1) is 0 Å². The topological polar surface area (TPSA) is 111 Å². The minimum atomic E-state index is -4.64. The highest BCUT2D eigenvalue weighted by Gasteiger charge is 2.21. The second kappa shape index (κ2) is 51.8. The van der Waals surface area contributed by atoms with E-state index in [9.17, 15) is 19.0 Å². The Morgan fingerprint density at radius 3 is 1.18 bits per heavy atom.